The van der Waals surface area contributed by atoms with Gasteiger partial charge in [-0.15, -0.1) is 0 Å². The minimum Gasteiger partial charge on any atom is -0.496 e. The molecule has 0 bridgehead atoms. The van der Waals surface area contributed by atoms with Gasteiger partial charge in [0.15, 0.2) is 11.6 Å². The average Bonchev–Trinajstić information content (AvgIpc) is 2.48. The molecule has 20 heavy (non-hydrogen) atoms. The minimum absolute atomic E-state index is 0.168. The lowest BCUT2D eigenvalue weighted by molar-refractivity contribution is 0.410. The Kier molecular flexibility index (Phi) is 4.70. The molecule has 2 aromatic rings. The van der Waals surface area contributed by atoms with Crippen molar-refractivity contribution in [2.24, 2.45) is 0 Å². The zero-order chi connectivity index (χ0) is 14.4. The van der Waals surface area contributed by atoms with Gasteiger partial charge < -0.3 is 15.4 Å². The topological polar surface area (TPSA) is 59.1 Å². The molecular weight excluding hydrogens is 259 g/mol. The number of nitrogens with one attached hydrogen (secondary N) is 2. The Balaban J connectivity index is 2.12. The summed E-state index contributed by atoms with van der Waals surface area (Å²) >= 11 is 0. The summed E-state index contributed by atoms with van der Waals surface area (Å²) in [6.45, 7) is 3.02. The molecule has 0 unspecified atom stereocenters. The standard InChI is InChI=1S/C14H17FN4O/c1-3-16-14-18-9-11(15)13(19-14)17-8-10-6-4-5-7-12(10)20-2/h4-7,9H,3,8H2,1-2H3,(H2,16,17,18,19). The molecule has 0 saturated heterocycles. The lowest BCUT2D eigenvalue weighted by atomic mass is 10.2. The number of para-hydroxylation sites is 1. The maximum atomic E-state index is 13.6. The van der Waals surface area contributed by atoms with Crippen LogP contribution in [0.2, 0.25) is 0 Å². The highest BCUT2D eigenvalue weighted by molar-refractivity contribution is 5.43. The highest BCUT2D eigenvalue weighted by atomic mass is 19.1. The zero-order valence-corrected chi connectivity index (χ0v) is 11.5. The van der Waals surface area contributed by atoms with Gasteiger partial charge in [-0.05, 0) is 13.0 Å². The van der Waals surface area contributed by atoms with E-state index in [1.165, 1.54) is 0 Å². The SMILES string of the molecule is CCNc1ncc(F)c(NCc2ccccc2OC)n1. The molecule has 1 aromatic carbocycles. The lowest BCUT2D eigenvalue weighted by Crippen LogP contribution is -2.09. The van der Waals surface area contributed by atoms with Gasteiger partial charge in [0.2, 0.25) is 5.95 Å². The second kappa shape index (κ2) is 6.70. The molecule has 1 heterocycles. The summed E-state index contributed by atoms with van der Waals surface area (Å²) < 4.78 is 18.9. The van der Waals surface area contributed by atoms with Gasteiger partial charge in [-0.1, -0.05) is 18.2 Å². The molecule has 0 atom stereocenters. The van der Waals surface area contributed by atoms with Crippen LogP contribution < -0.4 is 15.4 Å². The van der Waals surface area contributed by atoms with Crippen LogP contribution in [-0.4, -0.2) is 23.6 Å². The third-order valence-corrected chi connectivity index (χ3v) is 2.72. The Morgan fingerprint density at radius 2 is 2.05 bits per heavy atom. The number of hydrogen-bond donors (Lipinski definition) is 2. The van der Waals surface area contributed by atoms with Crippen molar-refractivity contribution in [3.63, 3.8) is 0 Å². The normalized spacial score (nSPS) is 10.2. The molecule has 0 radical (unpaired) electrons. The molecule has 0 aliphatic rings. The average molecular weight is 276 g/mol. The van der Waals surface area contributed by atoms with Gasteiger partial charge in [-0.2, -0.15) is 4.98 Å². The van der Waals surface area contributed by atoms with Crippen LogP contribution in [0, 0.1) is 5.82 Å². The van der Waals surface area contributed by atoms with Crippen LogP contribution in [-0.2, 0) is 6.54 Å². The second-order valence-corrected chi connectivity index (χ2v) is 4.09. The van der Waals surface area contributed by atoms with Gasteiger partial charge >= 0.3 is 0 Å². The van der Waals surface area contributed by atoms with Crippen LogP contribution in [0.15, 0.2) is 30.5 Å². The third kappa shape index (κ3) is 3.34. The number of ether oxygens (including phenoxy) is 1. The van der Waals surface area contributed by atoms with Gasteiger partial charge in [0.05, 0.1) is 13.3 Å². The second-order valence-electron chi connectivity index (χ2n) is 4.09. The van der Waals surface area contributed by atoms with Crippen molar-refractivity contribution in [3.05, 3.63) is 41.8 Å². The van der Waals surface area contributed by atoms with E-state index in [0.717, 1.165) is 17.5 Å². The van der Waals surface area contributed by atoms with Crippen LogP contribution in [0.1, 0.15) is 12.5 Å². The monoisotopic (exact) mass is 276 g/mol. The summed E-state index contributed by atoms with van der Waals surface area (Å²) in [6.07, 6.45) is 1.15. The van der Waals surface area contributed by atoms with E-state index in [9.17, 15) is 4.39 Å². The van der Waals surface area contributed by atoms with Gasteiger partial charge in [-0.3, -0.25) is 0 Å². The molecule has 0 spiro atoms. The number of hydrogen-bond acceptors (Lipinski definition) is 5. The van der Waals surface area contributed by atoms with Crippen molar-refractivity contribution in [3.8, 4) is 5.75 Å². The number of benzene rings is 1. The zero-order valence-electron chi connectivity index (χ0n) is 11.5. The third-order valence-electron chi connectivity index (χ3n) is 2.72. The molecule has 0 saturated carbocycles. The first kappa shape index (κ1) is 14.0. The lowest BCUT2D eigenvalue weighted by Gasteiger charge is -2.11. The van der Waals surface area contributed by atoms with E-state index in [4.69, 9.17) is 4.74 Å². The number of nitrogens with zero attached hydrogens (tertiary/aromatic N) is 2. The van der Waals surface area contributed by atoms with Gasteiger partial charge in [-0.25, -0.2) is 9.37 Å². The summed E-state index contributed by atoms with van der Waals surface area (Å²) in [5.74, 6) is 0.834. The van der Waals surface area contributed by atoms with E-state index < -0.39 is 5.82 Å². The van der Waals surface area contributed by atoms with E-state index in [1.807, 2.05) is 31.2 Å². The number of halogens is 1. The summed E-state index contributed by atoms with van der Waals surface area (Å²) in [5, 5.41) is 5.90. The molecule has 0 amide bonds. The van der Waals surface area contributed by atoms with Gasteiger partial charge in [0.25, 0.3) is 0 Å². The molecule has 0 fully saturated rings. The number of methoxy groups -OCH3 is 1. The van der Waals surface area contributed by atoms with E-state index in [2.05, 4.69) is 20.6 Å². The predicted octanol–water partition coefficient (Wildman–Crippen LogP) is 2.67. The van der Waals surface area contributed by atoms with E-state index in [1.54, 1.807) is 7.11 Å². The summed E-state index contributed by atoms with van der Waals surface area (Å²) in [6, 6.07) is 7.56. The molecule has 106 valence electrons. The maximum absolute atomic E-state index is 13.6. The Labute approximate surface area is 117 Å². The van der Waals surface area contributed by atoms with Crippen molar-refractivity contribution >= 4 is 11.8 Å². The number of rotatable bonds is 6. The largest absolute Gasteiger partial charge is 0.496 e. The quantitative estimate of drug-likeness (QED) is 0.849. The van der Waals surface area contributed by atoms with Crippen LogP contribution in [0.4, 0.5) is 16.2 Å². The summed E-state index contributed by atoms with van der Waals surface area (Å²) in [7, 11) is 1.60. The Bertz CT molecular complexity index is 577. The molecule has 2 rings (SSSR count). The van der Waals surface area contributed by atoms with Crippen LogP contribution in [0.5, 0.6) is 5.75 Å². The van der Waals surface area contributed by atoms with Gasteiger partial charge in [0, 0.05) is 18.7 Å². The first-order chi connectivity index (χ1) is 9.74. The minimum atomic E-state index is -0.485. The molecular formula is C14H17FN4O. The molecule has 0 aliphatic heterocycles. The van der Waals surface area contributed by atoms with Gasteiger partial charge in [0.1, 0.15) is 5.75 Å². The van der Waals surface area contributed by atoms with Crippen molar-refractivity contribution < 1.29 is 9.13 Å². The fourth-order valence-corrected chi connectivity index (χ4v) is 1.76. The molecule has 6 heteroatoms. The fraction of sp³-hybridized carbons (Fsp3) is 0.286. The number of aromatic nitrogens is 2. The molecule has 1 aromatic heterocycles. The summed E-state index contributed by atoms with van der Waals surface area (Å²) in [5.41, 5.74) is 0.929. The van der Waals surface area contributed by atoms with E-state index >= 15 is 0 Å². The van der Waals surface area contributed by atoms with Crippen molar-refractivity contribution in [2.75, 3.05) is 24.3 Å². The molecule has 0 aliphatic carbocycles. The van der Waals surface area contributed by atoms with E-state index in [0.29, 0.717) is 19.0 Å². The smallest absolute Gasteiger partial charge is 0.224 e. The number of anilines is 2. The Morgan fingerprint density at radius 1 is 1.25 bits per heavy atom. The molecule has 5 nitrogen and oxygen atoms in total. The predicted molar refractivity (Wildman–Crippen MR) is 76.5 cm³/mol. The highest BCUT2D eigenvalue weighted by Gasteiger charge is 2.08. The van der Waals surface area contributed by atoms with Crippen molar-refractivity contribution in [1.82, 2.24) is 9.97 Å². The van der Waals surface area contributed by atoms with Crippen molar-refractivity contribution in [1.29, 1.82) is 0 Å². The maximum Gasteiger partial charge on any atom is 0.224 e. The Morgan fingerprint density at radius 3 is 2.80 bits per heavy atom. The first-order valence-electron chi connectivity index (χ1n) is 6.36. The fourth-order valence-electron chi connectivity index (χ4n) is 1.76. The summed E-state index contributed by atoms with van der Waals surface area (Å²) in [4.78, 5) is 7.94. The molecule has 2 N–H and O–H groups in total. The van der Waals surface area contributed by atoms with Crippen molar-refractivity contribution in [2.45, 2.75) is 13.5 Å². The van der Waals surface area contributed by atoms with Crippen LogP contribution >= 0.6 is 0 Å². The van der Waals surface area contributed by atoms with E-state index in [-0.39, 0.29) is 5.82 Å². The highest BCUT2D eigenvalue weighted by Crippen LogP contribution is 2.19. The Hall–Kier alpha value is -2.37. The first-order valence-corrected chi connectivity index (χ1v) is 6.36. The van der Waals surface area contributed by atoms with Crippen LogP contribution in [0.3, 0.4) is 0 Å². The van der Waals surface area contributed by atoms with Crippen LogP contribution in [0.25, 0.3) is 0 Å².